The molecular weight excluding hydrogens is 378 g/mol. The molecule has 0 fully saturated rings. The molecule has 0 aromatic heterocycles. The lowest BCUT2D eigenvalue weighted by Gasteiger charge is -2.22. The van der Waals surface area contributed by atoms with Gasteiger partial charge < -0.3 is 9.47 Å². The van der Waals surface area contributed by atoms with E-state index >= 15 is 0 Å². The SMILES string of the molecule is CC(=O)COc1cccc(/C=C/COC(=O)N(c2ccccc2)c2ccccc2)c1. The molecule has 1 amide bonds. The summed E-state index contributed by atoms with van der Waals surface area (Å²) in [6, 6.07) is 26.1. The van der Waals surface area contributed by atoms with Gasteiger partial charge in [-0.2, -0.15) is 0 Å². The number of hydrogen-bond acceptors (Lipinski definition) is 4. The Morgan fingerprint density at radius 1 is 0.867 bits per heavy atom. The number of carbonyl (C=O) groups is 2. The number of para-hydroxylation sites is 2. The quantitative estimate of drug-likeness (QED) is 0.490. The highest BCUT2D eigenvalue weighted by molar-refractivity contribution is 5.95. The zero-order valence-corrected chi connectivity index (χ0v) is 16.7. The molecule has 0 aliphatic rings. The number of rotatable bonds is 8. The third-order valence-corrected chi connectivity index (χ3v) is 4.12. The van der Waals surface area contributed by atoms with Crippen LogP contribution in [0, 0.1) is 0 Å². The van der Waals surface area contributed by atoms with Crippen molar-refractivity contribution in [2.45, 2.75) is 6.92 Å². The van der Waals surface area contributed by atoms with Crippen LogP contribution in [-0.2, 0) is 9.53 Å². The van der Waals surface area contributed by atoms with E-state index in [9.17, 15) is 9.59 Å². The summed E-state index contributed by atoms with van der Waals surface area (Å²) in [5.74, 6) is 0.577. The standard InChI is InChI=1S/C25H23NO4/c1-20(27)19-30-24-16-8-10-21(18-24)11-9-17-29-25(28)26(22-12-4-2-5-13-22)23-14-6-3-7-15-23/h2-16,18H,17,19H2,1H3/b11-9+. The van der Waals surface area contributed by atoms with Gasteiger partial charge in [0.15, 0.2) is 5.78 Å². The molecule has 0 atom stereocenters. The van der Waals surface area contributed by atoms with Crippen molar-refractivity contribution in [2.24, 2.45) is 0 Å². The predicted molar refractivity (Wildman–Crippen MR) is 118 cm³/mol. The van der Waals surface area contributed by atoms with Gasteiger partial charge in [-0.15, -0.1) is 0 Å². The van der Waals surface area contributed by atoms with E-state index in [0.717, 1.165) is 16.9 Å². The highest BCUT2D eigenvalue weighted by atomic mass is 16.6. The van der Waals surface area contributed by atoms with E-state index in [0.29, 0.717) is 5.75 Å². The van der Waals surface area contributed by atoms with Gasteiger partial charge in [0, 0.05) is 0 Å². The lowest BCUT2D eigenvalue weighted by molar-refractivity contribution is -0.118. The molecular formula is C25H23NO4. The lowest BCUT2D eigenvalue weighted by Crippen LogP contribution is -2.26. The molecule has 5 nitrogen and oxygen atoms in total. The van der Waals surface area contributed by atoms with Gasteiger partial charge in [-0.3, -0.25) is 4.79 Å². The first kappa shape index (κ1) is 20.9. The molecule has 152 valence electrons. The number of anilines is 2. The Morgan fingerprint density at radius 2 is 1.50 bits per heavy atom. The van der Waals surface area contributed by atoms with Gasteiger partial charge in [-0.05, 0) is 55.0 Å². The number of Topliss-reactive ketones (excluding diaryl/α,β-unsaturated/α-hetero) is 1. The van der Waals surface area contributed by atoms with Crippen LogP contribution >= 0.6 is 0 Å². The highest BCUT2D eigenvalue weighted by Gasteiger charge is 2.18. The summed E-state index contributed by atoms with van der Waals surface area (Å²) in [6.07, 6.45) is 3.13. The molecule has 0 bridgehead atoms. The van der Waals surface area contributed by atoms with Crippen LogP contribution in [0.3, 0.4) is 0 Å². The molecule has 0 aliphatic heterocycles. The first-order valence-electron chi connectivity index (χ1n) is 9.59. The fourth-order valence-corrected chi connectivity index (χ4v) is 2.78. The van der Waals surface area contributed by atoms with Crippen molar-refractivity contribution < 1.29 is 19.1 Å². The Labute approximate surface area is 176 Å². The van der Waals surface area contributed by atoms with Crippen molar-refractivity contribution in [3.05, 3.63) is 96.6 Å². The Hall–Kier alpha value is -3.86. The molecule has 0 saturated carbocycles. The number of ether oxygens (including phenoxy) is 2. The Bertz CT molecular complexity index is 960. The van der Waals surface area contributed by atoms with Crippen LogP contribution in [0.5, 0.6) is 5.75 Å². The number of nitrogens with zero attached hydrogens (tertiary/aromatic N) is 1. The summed E-state index contributed by atoms with van der Waals surface area (Å²) in [5, 5.41) is 0. The molecule has 0 aliphatic carbocycles. The van der Waals surface area contributed by atoms with Gasteiger partial charge >= 0.3 is 6.09 Å². The Kier molecular flexibility index (Phi) is 7.39. The number of hydrogen-bond donors (Lipinski definition) is 0. The fourth-order valence-electron chi connectivity index (χ4n) is 2.78. The van der Waals surface area contributed by atoms with Crippen molar-refractivity contribution in [1.82, 2.24) is 0 Å². The highest BCUT2D eigenvalue weighted by Crippen LogP contribution is 2.25. The summed E-state index contributed by atoms with van der Waals surface area (Å²) < 4.78 is 10.9. The largest absolute Gasteiger partial charge is 0.486 e. The van der Waals surface area contributed by atoms with Crippen molar-refractivity contribution >= 4 is 29.3 Å². The van der Waals surface area contributed by atoms with E-state index in [-0.39, 0.29) is 19.0 Å². The zero-order chi connectivity index (χ0) is 21.2. The first-order chi connectivity index (χ1) is 14.6. The molecule has 0 radical (unpaired) electrons. The van der Waals surface area contributed by atoms with E-state index in [1.807, 2.05) is 84.9 Å². The van der Waals surface area contributed by atoms with Crippen molar-refractivity contribution in [3.63, 3.8) is 0 Å². The maximum atomic E-state index is 12.8. The topological polar surface area (TPSA) is 55.8 Å². The molecule has 0 spiro atoms. The minimum atomic E-state index is -0.462. The lowest BCUT2D eigenvalue weighted by atomic mass is 10.2. The van der Waals surface area contributed by atoms with Crippen LogP contribution in [0.15, 0.2) is 91.0 Å². The summed E-state index contributed by atoms with van der Waals surface area (Å²) >= 11 is 0. The van der Waals surface area contributed by atoms with Crippen molar-refractivity contribution in [3.8, 4) is 5.75 Å². The average Bonchev–Trinajstić information content (AvgIpc) is 2.77. The Balaban J connectivity index is 1.63. The monoisotopic (exact) mass is 401 g/mol. The number of amides is 1. The second-order valence-corrected chi connectivity index (χ2v) is 6.55. The molecule has 5 heteroatoms. The van der Waals surface area contributed by atoms with Gasteiger partial charge in [-0.1, -0.05) is 54.6 Å². The summed E-state index contributed by atoms with van der Waals surface area (Å²) in [6.45, 7) is 1.64. The van der Waals surface area contributed by atoms with Gasteiger partial charge in [-0.25, -0.2) is 9.69 Å². The van der Waals surface area contributed by atoms with Gasteiger partial charge in [0.2, 0.25) is 0 Å². The van der Waals surface area contributed by atoms with Gasteiger partial charge in [0.05, 0.1) is 11.4 Å². The van der Waals surface area contributed by atoms with Gasteiger partial charge in [0.25, 0.3) is 0 Å². The molecule has 3 rings (SSSR count). The number of benzene rings is 3. The second-order valence-electron chi connectivity index (χ2n) is 6.55. The third-order valence-electron chi connectivity index (χ3n) is 4.12. The van der Waals surface area contributed by atoms with Gasteiger partial charge in [0.1, 0.15) is 19.0 Å². The van der Waals surface area contributed by atoms with Crippen LogP contribution in [-0.4, -0.2) is 25.1 Å². The second kappa shape index (κ2) is 10.6. The maximum absolute atomic E-state index is 12.8. The van der Waals surface area contributed by atoms with E-state index in [4.69, 9.17) is 9.47 Å². The van der Waals surface area contributed by atoms with Crippen LogP contribution in [0.25, 0.3) is 6.08 Å². The normalized spacial score (nSPS) is 10.6. The summed E-state index contributed by atoms with van der Waals surface area (Å²) in [7, 11) is 0. The van der Waals surface area contributed by atoms with E-state index in [2.05, 4.69) is 0 Å². The van der Waals surface area contributed by atoms with E-state index in [1.165, 1.54) is 11.8 Å². The molecule has 0 unspecified atom stereocenters. The minimum Gasteiger partial charge on any atom is -0.486 e. The Morgan fingerprint density at radius 3 is 2.10 bits per heavy atom. The third kappa shape index (κ3) is 6.07. The van der Waals surface area contributed by atoms with Crippen LogP contribution in [0.2, 0.25) is 0 Å². The maximum Gasteiger partial charge on any atom is 0.419 e. The summed E-state index contributed by atoms with van der Waals surface area (Å²) in [5.41, 5.74) is 2.34. The molecule has 3 aromatic rings. The van der Waals surface area contributed by atoms with E-state index in [1.54, 1.807) is 12.1 Å². The zero-order valence-electron chi connectivity index (χ0n) is 16.7. The smallest absolute Gasteiger partial charge is 0.419 e. The fraction of sp³-hybridized carbons (Fsp3) is 0.120. The summed E-state index contributed by atoms with van der Waals surface area (Å²) in [4.78, 5) is 25.4. The molecule has 30 heavy (non-hydrogen) atoms. The predicted octanol–water partition coefficient (Wildman–Crippen LogP) is 5.64. The number of carbonyl (C=O) groups excluding carboxylic acids is 2. The molecule has 3 aromatic carbocycles. The molecule has 0 heterocycles. The molecule has 0 N–H and O–H groups in total. The molecule has 0 saturated heterocycles. The van der Waals surface area contributed by atoms with Crippen LogP contribution in [0.1, 0.15) is 12.5 Å². The van der Waals surface area contributed by atoms with Crippen LogP contribution in [0.4, 0.5) is 16.2 Å². The van der Waals surface area contributed by atoms with Crippen molar-refractivity contribution in [1.29, 1.82) is 0 Å². The average molecular weight is 401 g/mol. The minimum absolute atomic E-state index is 0.0377. The van der Waals surface area contributed by atoms with E-state index < -0.39 is 6.09 Å². The van der Waals surface area contributed by atoms with Crippen molar-refractivity contribution in [2.75, 3.05) is 18.1 Å². The van der Waals surface area contributed by atoms with Crippen LogP contribution < -0.4 is 9.64 Å². The first-order valence-corrected chi connectivity index (χ1v) is 9.59. The number of ketones is 1.